The highest BCUT2D eigenvalue weighted by molar-refractivity contribution is 6.19. The molecule has 0 bridgehead atoms. The van der Waals surface area contributed by atoms with Crippen molar-refractivity contribution in [2.24, 2.45) is 0 Å². The number of rotatable bonds is 5. The molecule has 11 rings (SSSR count). The Morgan fingerprint density at radius 3 is 1.67 bits per heavy atom. The first-order chi connectivity index (χ1) is 26.8. The van der Waals surface area contributed by atoms with Gasteiger partial charge in [-0.2, -0.15) is 0 Å². The molecule has 54 heavy (non-hydrogen) atoms. The summed E-state index contributed by atoms with van der Waals surface area (Å²) in [6.45, 7) is 0. The fourth-order valence-corrected chi connectivity index (χ4v) is 7.96. The SMILES string of the molecule is c1ccc(-c2nc(-c3ccccc3)nc(-c3cccc4oc5cc(-n6c7cc8ccccc8cc7c7c(-c8ccccc8)cccc76)ccc5c34)n2)cc1. The van der Waals surface area contributed by atoms with E-state index in [1.54, 1.807) is 0 Å². The number of furan rings is 1. The van der Waals surface area contributed by atoms with Crippen molar-refractivity contribution >= 4 is 54.5 Å². The molecule has 8 aromatic carbocycles. The minimum absolute atomic E-state index is 0.600. The van der Waals surface area contributed by atoms with Gasteiger partial charge in [0, 0.05) is 50.0 Å². The average molecular weight is 691 g/mol. The van der Waals surface area contributed by atoms with Crippen LogP contribution in [0.1, 0.15) is 0 Å². The normalized spacial score (nSPS) is 11.7. The standard InChI is InChI=1S/C49H30N4O/c1-4-14-31(15-5-1)37-22-12-24-41-45(37)40-28-34-20-10-11-21-35(34)29-42(40)53(41)36-26-27-38-44(30-36)54-43-25-13-23-39(46(38)43)49-51-47(32-16-6-2-7-17-32)50-48(52-49)33-18-8-3-9-19-33/h1-30H. The molecule has 0 spiro atoms. The summed E-state index contributed by atoms with van der Waals surface area (Å²) in [5, 5.41) is 6.85. The maximum atomic E-state index is 6.69. The lowest BCUT2D eigenvalue weighted by molar-refractivity contribution is 0.668. The highest BCUT2D eigenvalue weighted by Crippen LogP contribution is 2.42. The van der Waals surface area contributed by atoms with Crippen molar-refractivity contribution in [3.05, 3.63) is 182 Å². The Morgan fingerprint density at radius 2 is 0.963 bits per heavy atom. The van der Waals surface area contributed by atoms with Crippen LogP contribution in [-0.2, 0) is 0 Å². The lowest BCUT2D eigenvalue weighted by Gasteiger charge is -2.10. The van der Waals surface area contributed by atoms with Gasteiger partial charge < -0.3 is 8.98 Å². The summed E-state index contributed by atoms with van der Waals surface area (Å²) in [6, 6.07) is 63.3. The van der Waals surface area contributed by atoms with E-state index < -0.39 is 0 Å². The van der Waals surface area contributed by atoms with Gasteiger partial charge in [-0.3, -0.25) is 0 Å². The van der Waals surface area contributed by atoms with Gasteiger partial charge in [0.2, 0.25) is 0 Å². The lowest BCUT2D eigenvalue weighted by atomic mass is 9.98. The van der Waals surface area contributed by atoms with Gasteiger partial charge in [-0.05, 0) is 58.3 Å². The van der Waals surface area contributed by atoms with E-state index in [2.05, 4.69) is 114 Å². The number of hydrogen-bond acceptors (Lipinski definition) is 4. The van der Waals surface area contributed by atoms with Crippen molar-refractivity contribution in [1.29, 1.82) is 0 Å². The van der Waals surface area contributed by atoms with Crippen molar-refractivity contribution in [2.75, 3.05) is 0 Å². The summed E-state index contributed by atoms with van der Waals surface area (Å²) in [5.41, 5.74) is 10.1. The molecule has 0 aliphatic rings. The van der Waals surface area contributed by atoms with Crippen LogP contribution in [-0.4, -0.2) is 19.5 Å². The Hall–Kier alpha value is -7.37. The first-order valence-electron chi connectivity index (χ1n) is 18.1. The molecule has 5 heteroatoms. The number of hydrogen-bond donors (Lipinski definition) is 0. The minimum Gasteiger partial charge on any atom is -0.456 e. The number of aromatic nitrogens is 4. The van der Waals surface area contributed by atoms with Crippen molar-refractivity contribution < 1.29 is 4.42 Å². The van der Waals surface area contributed by atoms with E-state index in [0.717, 1.165) is 55.3 Å². The first kappa shape index (κ1) is 30.3. The number of nitrogens with zero attached hydrogens (tertiary/aromatic N) is 4. The average Bonchev–Trinajstić information content (AvgIpc) is 3.78. The molecule has 0 N–H and O–H groups in total. The maximum absolute atomic E-state index is 6.69. The second kappa shape index (κ2) is 12.1. The fraction of sp³-hybridized carbons (Fsp3) is 0. The highest BCUT2D eigenvalue weighted by Gasteiger charge is 2.21. The lowest BCUT2D eigenvalue weighted by Crippen LogP contribution is -2.00. The Kier molecular flexibility index (Phi) is 6.79. The van der Waals surface area contributed by atoms with Crippen LogP contribution in [0.3, 0.4) is 0 Å². The van der Waals surface area contributed by atoms with E-state index in [1.165, 1.54) is 32.7 Å². The molecule has 0 fully saturated rings. The first-order valence-corrected chi connectivity index (χ1v) is 18.1. The van der Waals surface area contributed by atoms with Crippen LogP contribution in [0.2, 0.25) is 0 Å². The molecule has 5 nitrogen and oxygen atoms in total. The van der Waals surface area contributed by atoms with Gasteiger partial charge in [-0.1, -0.05) is 140 Å². The van der Waals surface area contributed by atoms with E-state index in [1.807, 2.05) is 72.8 Å². The second-order valence-corrected chi connectivity index (χ2v) is 13.6. The molecule has 0 aliphatic heterocycles. The molecule has 0 saturated heterocycles. The molecule has 0 atom stereocenters. The van der Waals surface area contributed by atoms with E-state index in [0.29, 0.717) is 17.5 Å². The third-order valence-corrected chi connectivity index (χ3v) is 10.4. The van der Waals surface area contributed by atoms with Crippen LogP contribution in [0.5, 0.6) is 0 Å². The summed E-state index contributed by atoms with van der Waals surface area (Å²) in [6.07, 6.45) is 0. The Morgan fingerprint density at radius 1 is 0.370 bits per heavy atom. The molecule has 0 radical (unpaired) electrons. The van der Waals surface area contributed by atoms with Crippen molar-refractivity contribution in [2.45, 2.75) is 0 Å². The van der Waals surface area contributed by atoms with Gasteiger partial charge in [0.05, 0.1) is 11.0 Å². The summed E-state index contributed by atoms with van der Waals surface area (Å²) in [5.74, 6) is 1.85. The highest BCUT2D eigenvalue weighted by atomic mass is 16.3. The second-order valence-electron chi connectivity index (χ2n) is 13.6. The van der Waals surface area contributed by atoms with E-state index in [-0.39, 0.29) is 0 Å². The van der Waals surface area contributed by atoms with Gasteiger partial charge in [-0.25, -0.2) is 15.0 Å². The van der Waals surface area contributed by atoms with Crippen LogP contribution in [0.4, 0.5) is 0 Å². The smallest absolute Gasteiger partial charge is 0.164 e. The van der Waals surface area contributed by atoms with Gasteiger partial charge in [0.1, 0.15) is 11.2 Å². The molecule has 0 aliphatic carbocycles. The quantitative estimate of drug-likeness (QED) is 0.180. The molecule has 11 aromatic rings. The van der Waals surface area contributed by atoms with Crippen LogP contribution < -0.4 is 0 Å². The molecule has 0 amide bonds. The largest absolute Gasteiger partial charge is 0.456 e. The zero-order chi connectivity index (χ0) is 35.6. The topological polar surface area (TPSA) is 56.7 Å². The summed E-state index contributed by atoms with van der Waals surface area (Å²) in [4.78, 5) is 15.0. The minimum atomic E-state index is 0.600. The van der Waals surface area contributed by atoms with Crippen LogP contribution >= 0.6 is 0 Å². The Bertz CT molecular complexity index is 3140. The van der Waals surface area contributed by atoms with Gasteiger partial charge in [-0.15, -0.1) is 0 Å². The number of fused-ring (bicyclic) bond motifs is 7. The predicted octanol–water partition coefficient (Wildman–Crippen LogP) is 12.7. The monoisotopic (exact) mass is 690 g/mol. The zero-order valence-corrected chi connectivity index (χ0v) is 29.0. The Balaban J connectivity index is 1.14. The summed E-state index contributed by atoms with van der Waals surface area (Å²) in [7, 11) is 0. The maximum Gasteiger partial charge on any atom is 0.164 e. The fourth-order valence-electron chi connectivity index (χ4n) is 7.96. The molecule has 3 aromatic heterocycles. The third kappa shape index (κ3) is 4.83. The van der Waals surface area contributed by atoms with E-state index in [9.17, 15) is 0 Å². The van der Waals surface area contributed by atoms with Crippen LogP contribution in [0.15, 0.2) is 186 Å². The summed E-state index contributed by atoms with van der Waals surface area (Å²) < 4.78 is 9.06. The molecule has 3 heterocycles. The third-order valence-electron chi connectivity index (χ3n) is 10.4. The van der Waals surface area contributed by atoms with Crippen molar-refractivity contribution in [3.63, 3.8) is 0 Å². The van der Waals surface area contributed by atoms with Crippen LogP contribution in [0, 0.1) is 0 Å². The van der Waals surface area contributed by atoms with Gasteiger partial charge >= 0.3 is 0 Å². The van der Waals surface area contributed by atoms with Gasteiger partial charge in [0.25, 0.3) is 0 Å². The van der Waals surface area contributed by atoms with Crippen molar-refractivity contribution in [1.82, 2.24) is 19.5 Å². The van der Waals surface area contributed by atoms with E-state index in [4.69, 9.17) is 19.4 Å². The summed E-state index contributed by atoms with van der Waals surface area (Å²) >= 11 is 0. The zero-order valence-electron chi connectivity index (χ0n) is 29.0. The van der Waals surface area contributed by atoms with E-state index >= 15 is 0 Å². The molecular formula is C49H30N4O. The molecule has 0 saturated carbocycles. The van der Waals surface area contributed by atoms with Gasteiger partial charge in [0.15, 0.2) is 17.5 Å². The predicted molar refractivity (Wildman–Crippen MR) is 221 cm³/mol. The molecular weight excluding hydrogens is 661 g/mol. The van der Waals surface area contributed by atoms with Crippen molar-refractivity contribution in [3.8, 4) is 51.0 Å². The number of benzene rings is 8. The molecule has 0 unspecified atom stereocenters. The van der Waals surface area contributed by atoms with Crippen LogP contribution in [0.25, 0.3) is 105 Å². The Labute approximate surface area is 310 Å². The molecule has 252 valence electrons.